The van der Waals surface area contributed by atoms with Crippen molar-refractivity contribution in [1.82, 2.24) is 4.98 Å². The van der Waals surface area contributed by atoms with E-state index in [2.05, 4.69) is 4.98 Å². The van der Waals surface area contributed by atoms with Crippen molar-refractivity contribution in [2.24, 2.45) is 0 Å². The number of thiazole rings is 1. The third kappa shape index (κ3) is 4.15. The van der Waals surface area contributed by atoms with E-state index >= 15 is 0 Å². The highest BCUT2D eigenvalue weighted by molar-refractivity contribution is 7.22. The molecule has 4 aromatic rings. The van der Waals surface area contributed by atoms with Crippen molar-refractivity contribution in [1.29, 1.82) is 0 Å². The van der Waals surface area contributed by atoms with E-state index in [1.165, 1.54) is 23.3 Å². The van der Waals surface area contributed by atoms with Gasteiger partial charge in [-0.2, -0.15) is 0 Å². The first kappa shape index (κ1) is 23.6. The van der Waals surface area contributed by atoms with Crippen LogP contribution in [0.2, 0.25) is 15.1 Å². The van der Waals surface area contributed by atoms with Crippen LogP contribution in [0.1, 0.15) is 17.2 Å². The molecule has 1 aromatic heterocycles. The van der Waals surface area contributed by atoms with Gasteiger partial charge in [0.1, 0.15) is 11.5 Å². The Labute approximate surface area is 218 Å². The Balaban J connectivity index is 1.73. The molecule has 1 fully saturated rings. The molecule has 1 N–H and O–H groups in total. The second-order valence-corrected chi connectivity index (χ2v) is 9.94. The molecule has 5 rings (SSSR count). The number of Topliss-reactive ketones (excluding diaryl/α,β-unsaturated/α-hetero) is 1. The zero-order chi connectivity index (χ0) is 24.9. The summed E-state index contributed by atoms with van der Waals surface area (Å²) in [6.45, 7) is 0. The lowest BCUT2D eigenvalue weighted by atomic mass is 9.95. The minimum Gasteiger partial charge on any atom is -0.507 e. The molecule has 0 saturated carbocycles. The van der Waals surface area contributed by atoms with E-state index in [-0.39, 0.29) is 21.5 Å². The van der Waals surface area contributed by atoms with Gasteiger partial charge in [0.05, 0.1) is 39.0 Å². The van der Waals surface area contributed by atoms with Gasteiger partial charge in [0.2, 0.25) is 0 Å². The van der Waals surface area contributed by atoms with Crippen molar-refractivity contribution in [2.45, 2.75) is 6.04 Å². The van der Waals surface area contributed by atoms with Crippen LogP contribution < -0.4 is 9.64 Å². The Bertz CT molecular complexity index is 1530. The monoisotopic (exact) mass is 544 g/mol. The average molecular weight is 546 g/mol. The molecular weight excluding hydrogens is 531 g/mol. The first-order valence-corrected chi connectivity index (χ1v) is 12.2. The van der Waals surface area contributed by atoms with Crippen LogP contribution in [-0.2, 0) is 9.59 Å². The Morgan fingerprint density at radius 3 is 2.43 bits per heavy atom. The van der Waals surface area contributed by atoms with Crippen molar-refractivity contribution in [2.75, 3.05) is 12.0 Å². The number of hydrogen-bond acceptors (Lipinski definition) is 6. The lowest BCUT2D eigenvalue weighted by molar-refractivity contribution is -0.132. The van der Waals surface area contributed by atoms with Crippen molar-refractivity contribution in [3.8, 4) is 5.75 Å². The van der Waals surface area contributed by atoms with Gasteiger partial charge in [-0.3, -0.25) is 14.5 Å². The summed E-state index contributed by atoms with van der Waals surface area (Å²) in [7, 11) is 1.52. The van der Waals surface area contributed by atoms with Gasteiger partial charge < -0.3 is 9.84 Å². The highest BCUT2D eigenvalue weighted by atomic mass is 35.5. The number of ether oxygens (including phenoxy) is 1. The fourth-order valence-corrected chi connectivity index (χ4v) is 5.50. The Kier molecular flexibility index (Phi) is 6.19. The molecule has 3 aromatic carbocycles. The zero-order valence-corrected chi connectivity index (χ0v) is 21.0. The Morgan fingerprint density at radius 1 is 1.00 bits per heavy atom. The number of aromatic nitrogens is 1. The molecule has 1 saturated heterocycles. The van der Waals surface area contributed by atoms with Crippen molar-refractivity contribution < 1.29 is 19.4 Å². The lowest BCUT2D eigenvalue weighted by Gasteiger charge is -2.23. The third-order valence-corrected chi connectivity index (χ3v) is 7.60. The van der Waals surface area contributed by atoms with Gasteiger partial charge in [0.25, 0.3) is 5.78 Å². The fourth-order valence-electron chi connectivity index (χ4n) is 3.92. The van der Waals surface area contributed by atoms with Gasteiger partial charge >= 0.3 is 5.91 Å². The molecule has 10 heteroatoms. The van der Waals surface area contributed by atoms with Gasteiger partial charge in [0, 0.05) is 10.6 Å². The molecule has 176 valence electrons. The van der Waals surface area contributed by atoms with Crippen molar-refractivity contribution in [3.63, 3.8) is 0 Å². The Morgan fingerprint density at radius 2 is 1.74 bits per heavy atom. The van der Waals surface area contributed by atoms with Crippen LogP contribution >= 0.6 is 46.1 Å². The number of ketones is 1. The predicted octanol–water partition coefficient (Wildman–Crippen LogP) is 6.89. The standard InChI is InChI=1S/C25H15Cl3N2O4S/c1-34-15-6-2-12(3-7-15)22(31)20-21(13-4-8-16(27)17(28)10-13)30(24(33)23(20)32)25-29-18-9-5-14(26)11-19(18)35-25/h2-11,21,31H,1H3/b22-20+. The van der Waals surface area contributed by atoms with Gasteiger partial charge in [-0.1, -0.05) is 52.2 Å². The largest absolute Gasteiger partial charge is 0.507 e. The molecule has 2 heterocycles. The molecule has 1 amide bonds. The minimum absolute atomic E-state index is 0.0872. The molecule has 0 aliphatic carbocycles. The van der Waals surface area contributed by atoms with E-state index in [9.17, 15) is 14.7 Å². The molecule has 0 radical (unpaired) electrons. The minimum atomic E-state index is -0.983. The number of benzene rings is 3. The van der Waals surface area contributed by atoms with E-state index in [4.69, 9.17) is 39.5 Å². The highest BCUT2D eigenvalue weighted by Gasteiger charge is 2.48. The summed E-state index contributed by atoms with van der Waals surface area (Å²) in [6, 6.07) is 15.5. The maximum Gasteiger partial charge on any atom is 0.301 e. The van der Waals surface area contributed by atoms with Crippen LogP contribution in [0.4, 0.5) is 5.13 Å². The quantitative estimate of drug-likeness (QED) is 0.172. The molecule has 0 bridgehead atoms. The summed E-state index contributed by atoms with van der Waals surface area (Å²) in [4.78, 5) is 32.5. The first-order valence-electron chi connectivity index (χ1n) is 10.2. The van der Waals surface area contributed by atoms with Crippen LogP contribution in [0.3, 0.4) is 0 Å². The van der Waals surface area contributed by atoms with Crippen molar-refractivity contribution >= 4 is 78.9 Å². The molecule has 1 aliphatic rings. The second kappa shape index (κ2) is 9.17. The number of hydrogen-bond donors (Lipinski definition) is 1. The van der Waals surface area contributed by atoms with E-state index in [0.717, 1.165) is 4.70 Å². The van der Waals surface area contributed by atoms with Crippen molar-refractivity contribution in [3.05, 3.63) is 92.4 Å². The molecule has 1 aliphatic heterocycles. The highest BCUT2D eigenvalue weighted by Crippen LogP contribution is 2.45. The smallest absolute Gasteiger partial charge is 0.301 e. The number of rotatable bonds is 4. The molecule has 6 nitrogen and oxygen atoms in total. The summed E-state index contributed by atoms with van der Waals surface area (Å²) in [5, 5.41) is 12.6. The van der Waals surface area contributed by atoms with E-state index in [1.54, 1.807) is 60.7 Å². The number of fused-ring (bicyclic) bond motifs is 1. The number of aliphatic hydroxyl groups excluding tert-OH is 1. The van der Waals surface area contributed by atoms with Gasteiger partial charge in [-0.25, -0.2) is 4.98 Å². The number of carbonyl (C=O) groups excluding carboxylic acids is 2. The molecular formula is C25H15Cl3N2O4S. The summed E-state index contributed by atoms with van der Waals surface area (Å²) in [6.07, 6.45) is 0. The Hall–Kier alpha value is -3.10. The molecule has 1 atom stereocenters. The third-order valence-electron chi connectivity index (χ3n) is 5.61. The normalized spacial score (nSPS) is 17.4. The number of aliphatic hydroxyl groups is 1. The number of methoxy groups -OCH3 is 1. The summed E-state index contributed by atoms with van der Waals surface area (Å²) in [5.74, 6) is -1.40. The van der Waals surface area contributed by atoms with Crippen LogP contribution in [0, 0.1) is 0 Å². The molecule has 0 spiro atoms. The topological polar surface area (TPSA) is 79.7 Å². The SMILES string of the molecule is COc1ccc(/C(O)=C2\C(=O)C(=O)N(c3nc4ccc(Cl)cc4s3)C2c2ccc(Cl)c(Cl)c2)cc1. The van der Waals surface area contributed by atoms with Gasteiger partial charge in [-0.05, 0) is 60.2 Å². The van der Waals surface area contributed by atoms with E-state index in [0.29, 0.717) is 32.4 Å². The predicted molar refractivity (Wildman–Crippen MR) is 139 cm³/mol. The molecule has 1 unspecified atom stereocenters. The first-order chi connectivity index (χ1) is 16.8. The van der Waals surface area contributed by atoms with Crippen LogP contribution in [0.25, 0.3) is 16.0 Å². The zero-order valence-electron chi connectivity index (χ0n) is 18.0. The van der Waals surface area contributed by atoms with Crippen LogP contribution in [-0.4, -0.2) is 28.9 Å². The number of halogens is 3. The van der Waals surface area contributed by atoms with E-state index in [1.807, 2.05) is 0 Å². The van der Waals surface area contributed by atoms with E-state index < -0.39 is 17.7 Å². The maximum atomic E-state index is 13.3. The summed E-state index contributed by atoms with van der Waals surface area (Å²) >= 11 is 19.7. The molecule has 35 heavy (non-hydrogen) atoms. The van der Waals surface area contributed by atoms with Crippen LogP contribution in [0.15, 0.2) is 66.2 Å². The van der Waals surface area contributed by atoms with Crippen LogP contribution in [0.5, 0.6) is 5.75 Å². The average Bonchev–Trinajstić information content (AvgIpc) is 3.38. The second-order valence-electron chi connectivity index (χ2n) is 7.68. The number of nitrogens with zero attached hydrogens (tertiary/aromatic N) is 2. The maximum absolute atomic E-state index is 13.3. The van der Waals surface area contributed by atoms with Gasteiger partial charge in [0.15, 0.2) is 5.13 Å². The number of anilines is 1. The fraction of sp³-hybridized carbons (Fsp3) is 0.0800. The number of amides is 1. The van der Waals surface area contributed by atoms with Gasteiger partial charge in [-0.15, -0.1) is 0 Å². The summed E-state index contributed by atoms with van der Waals surface area (Å²) in [5.41, 5.74) is 1.38. The lowest BCUT2D eigenvalue weighted by Crippen LogP contribution is -2.29. The number of carbonyl (C=O) groups is 2. The summed E-state index contributed by atoms with van der Waals surface area (Å²) < 4.78 is 5.92.